The van der Waals surface area contributed by atoms with Gasteiger partial charge in [0.1, 0.15) is 5.82 Å². The minimum Gasteiger partial charge on any atom is -0.258 e. The Labute approximate surface area is 120 Å². The van der Waals surface area contributed by atoms with Crippen molar-refractivity contribution in [1.29, 1.82) is 0 Å². The number of hydrogen-bond donors (Lipinski definition) is 1. The molecule has 0 spiro atoms. The Morgan fingerprint density at radius 3 is 2.52 bits per heavy atom. The number of nitrogens with one attached hydrogen (secondary N) is 1. The van der Waals surface area contributed by atoms with Crippen molar-refractivity contribution in [2.24, 2.45) is 0 Å². The summed E-state index contributed by atoms with van der Waals surface area (Å²) in [6, 6.07) is 10.4. The maximum absolute atomic E-state index is 13.0. The lowest BCUT2D eigenvalue weighted by Crippen LogP contribution is -2.24. The lowest BCUT2D eigenvalue weighted by molar-refractivity contribution is -0.387. The number of halogens is 1. The highest BCUT2D eigenvalue weighted by Crippen LogP contribution is 2.22. The van der Waals surface area contributed by atoms with Crippen molar-refractivity contribution in [2.75, 3.05) is 0 Å². The molecule has 6 nitrogen and oxygen atoms in total. The van der Waals surface area contributed by atoms with Gasteiger partial charge in [0.15, 0.2) is 4.90 Å². The van der Waals surface area contributed by atoms with Crippen LogP contribution in [0.3, 0.4) is 0 Å². The molecule has 0 heterocycles. The van der Waals surface area contributed by atoms with E-state index in [4.69, 9.17) is 0 Å². The molecule has 0 saturated heterocycles. The minimum absolute atomic E-state index is 0.161. The van der Waals surface area contributed by atoms with Crippen molar-refractivity contribution in [3.8, 4) is 0 Å². The van der Waals surface area contributed by atoms with E-state index in [0.717, 1.165) is 12.1 Å². The lowest BCUT2D eigenvalue weighted by Gasteiger charge is -2.07. The Bertz CT molecular complexity index is 777. The molecule has 0 unspecified atom stereocenters. The second-order valence-corrected chi connectivity index (χ2v) is 5.91. The summed E-state index contributed by atoms with van der Waals surface area (Å²) >= 11 is 0. The van der Waals surface area contributed by atoms with Crippen LogP contribution in [0.5, 0.6) is 0 Å². The second kappa shape index (κ2) is 5.98. The molecule has 1 N–H and O–H groups in total. The minimum atomic E-state index is -4.06. The molecular weight excluding hydrogens is 299 g/mol. The maximum atomic E-state index is 13.0. The average Bonchev–Trinajstić information content (AvgIpc) is 2.45. The first-order chi connectivity index (χ1) is 9.90. The van der Waals surface area contributed by atoms with Gasteiger partial charge in [0.05, 0.1) is 4.92 Å². The second-order valence-electron chi connectivity index (χ2n) is 4.18. The highest BCUT2D eigenvalue weighted by Gasteiger charge is 2.24. The fraction of sp³-hybridized carbons (Fsp3) is 0.0769. The fourth-order valence-electron chi connectivity index (χ4n) is 1.74. The molecule has 0 amide bonds. The van der Waals surface area contributed by atoms with Crippen LogP contribution < -0.4 is 4.72 Å². The van der Waals surface area contributed by atoms with Crippen molar-refractivity contribution < 1.29 is 17.7 Å². The predicted octanol–water partition coefficient (Wildman–Crippen LogP) is 2.21. The van der Waals surface area contributed by atoms with E-state index in [1.54, 1.807) is 6.07 Å². The van der Waals surface area contributed by atoms with Gasteiger partial charge in [-0.2, -0.15) is 0 Å². The molecule has 0 aliphatic rings. The Morgan fingerprint density at radius 1 is 1.14 bits per heavy atom. The Hall–Kier alpha value is -2.32. The average molecular weight is 310 g/mol. The van der Waals surface area contributed by atoms with Crippen LogP contribution in [0.2, 0.25) is 0 Å². The SMILES string of the molecule is O=[N+]([O-])c1ccccc1S(=O)(=O)NCc1cccc(F)c1. The normalized spacial score (nSPS) is 11.3. The zero-order chi connectivity index (χ0) is 15.5. The number of para-hydroxylation sites is 1. The molecule has 8 heteroatoms. The van der Waals surface area contributed by atoms with Crippen LogP contribution >= 0.6 is 0 Å². The monoisotopic (exact) mass is 310 g/mol. The number of nitrogens with zero attached hydrogens (tertiary/aromatic N) is 1. The molecule has 0 bridgehead atoms. The van der Waals surface area contributed by atoms with Gasteiger partial charge in [0.25, 0.3) is 5.69 Å². The van der Waals surface area contributed by atoms with Crippen LogP contribution in [-0.2, 0) is 16.6 Å². The van der Waals surface area contributed by atoms with Crippen LogP contribution in [0, 0.1) is 15.9 Å². The van der Waals surface area contributed by atoms with E-state index in [2.05, 4.69) is 4.72 Å². The summed E-state index contributed by atoms with van der Waals surface area (Å²) < 4.78 is 39.4. The quantitative estimate of drug-likeness (QED) is 0.677. The first-order valence-electron chi connectivity index (χ1n) is 5.88. The highest BCUT2D eigenvalue weighted by molar-refractivity contribution is 7.89. The first kappa shape index (κ1) is 15.1. The lowest BCUT2D eigenvalue weighted by atomic mass is 10.2. The van der Waals surface area contributed by atoms with E-state index in [-0.39, 0.29) is 6.54 Å². The topological polar surface area (TPSA) is 89.3 Å². The molecule has 0 aliphatic carbocycles. The standard InChI is InChI=1S/C13H11FN2O4S/c14-11-5-3-4-10(8-11)9-15-21(19,20)13-7-2-1-6-12(13)16(17)18/h1-8,15H,9H2. The Kier molecular flexibility index (Phi) is 4.29. The van der Waals surface area contributed by atoms with Crippen molar-refractivity contribution >= 4 is 15.7 Å². The third kappa shape index (κ3) is 3.61. The summed E-state index contributed by atoms with van der Waals surface area (Å²) in [7, 11) is -4.06. The summed E-state index contributed by atoms with van der Waals surface area (Å²) in [6.07, 6.45) is 0. The first-order valence-corrected chi connectivity index (χ1v) is 7.36. The van der Waals surface area contributed by atoms with Crippen LogP contribution in [0.25, 0.3) is 0 Å². The van der Waals surface area contributed by atoms with Crippen molar-refractivity contribution in [3.05, 3.63) is 70.0 Å². The van der Waals surface area contributed by atoms with Gasteiger partial charge < -0.3 is 0 Å². The fourth-order valence-corrected chi connectivity index (χ4v) is 2.93. The van der Waals surface area contributed by atoms with E-state index < -0.39 is 31.3 Å². The van der Waals surface area contributed by atoms with E-state index in [1.165, 1.54) is 30.3 Å². The van der Waals surface area contributed by atoms with E-state index >= 15 is 0 Å². The molecule has 110 valence electrons. The van der Waals surface area contributed by atoms with Crippen LogP contribution in [0.1, 0.15) is 5.56 Å². The molecule has 0 saturated carbocycles. The van der Waals surface area contributed by atoms with Gasteiger partial charge in [-0.25, -0.2) is 17.5 Å². The zero-order valence-corrected chi connectivity index (χ0v) is 11.5. The van der Waals surface area contributed by atoms with Gasteiger partial charge in [-0.1, -0.05) is 24.3 Å². The number of hydrogen-bond acceptors (Lipinski definition) is 4. The summed E-state index contributed by atoms with van der Waals surface area (Å²) in [4.78, 5) is 9.66. The van der Waals surface area contributed by atoms with Crippen molar-refractivity contribution in [1.82, 2.24) is 4.72 Å². The molecule has 0 fully saturated rings. The largest absolute Gasteiger partial charge is 0.289 e. The third-order valence-electron chi connectivity index (χ3n) is 2.71. The van der Waals surface area contributed by atoms with Crippen molar-refractivity contribution in [2.45, 2.75) is 11.4 Å². The molecule has 2 aromatic rings. The van der Waals surface area contributed by atoms with Gasteiger partial charge >= 0.3 is 0 Å². The Balaban J connectivity index is 2.25. The molecule has 2 aromatic carbocycles. The summed E-state index contributed by atoms with van der Waals surface area (Å²) in [5.74, 6) is -0.489. The smallest absolute Gasteiger partial charge is 0.258 e. The Morgan fingerprint density at radius 2 is 1.86 bits per heavy atom. The van der Waals surface area contributed by atoms with Crippen LogP contribution in [0.15, 0.2) is 53.4 Å². The number of benzene rings is 2. The maximum Gasteiger partial charge on any atom is 0.289 e. The number of rotatable bonds is 5. The highest BCUT2D eigenvalue weighted by atomic mass is 32.2. The zero-order valence-electron chi connectivity index (χ0n) is 10.7. The van der Waals surface area contributed by atoms with E-state index in [9.17, 15) is 22.9 Å². The van der Waals surface area contributed by atoms with Gasteiger partial charge in [-0.15, -0.1) is 0 Å². The number of nitro benzene ring substituents is 1. The van der Waals surface area contributed by atoms with Gasteiger partial charge in [0.2, 0.25) is 10.0 Å². The predicted molar refractivity (Wildman–Crippen MR) is 73.5 cm³/mol. The van der Waals surface area contributed by atoms with E-state index in [0.29, 0.717) is 5.56 Å². The van der Waals surface area contributed by atoms with Crippen LogP contribution in [0.4, 0.5) is 10.1 Å². The van der Waals surface area contributed by atoms with E-state index in [1.807, 2.05) is 0 Å². The third-order valence-corrected chi connectivity index (χ3v) is 4.16. The van der Waals surface area contributed by atoms with Gasteiger partial charge in [0, 0.05) is 12.6 Å². The molecule has 0 atom stereocenters. The van der Waals surface area contributed by atoms with Crippen LogP contribution in [-0.4, -0.2) is 13.3 Å². The molecule has 21 heavy (non-hydrogen) atoms. The van der Waals surface area contributed by atoms with Crippen molar-refractivity contribution in [3.63, 3.8) is 0 Å². The molecule has 0 aromatic heterocycles. The molecule has 0 radical (unpaired) electrons. The number of nitro groups is 1. The number of sulfonamides is 1. The van der Waals surface area contributed by atoms with Gasteiger partial charge in [-0.05, 0) is 23.8 Å². The molecular formula is C13H11FN2O4S. The summed E-state index contributed by atoms with van der Waals surface area (Å²) in [5.41, 5.74) is -0.0959. The van der Waals surface area contributed by atoms with Gasteiger partial charge in [-0.3, -0.25) is 10.1 Å². The molecule has 0 aliphatic heterocycles. The molecule has 2 rings (SSSR count). The summed E-state index contributed by atoms with van der Waals surface area (Å²) in [5, 5.41) is 10.9. The summed E-state index contributed by atoms with van der Waals surface area (Å²) in [6.45, 7) is -0.161.